The third-order valence-electron chi connectivity index (χ3n) is 14.4. The van der Waals surface area contributed by atoms with Crippen LogP contribution in [0.25, 0.3) is 0 Å². The first-order valence-electron chi connectivity index (χ1n) is 18.2. The Morgan fingerprint density at radius 1 is 0.886 bits per heavy atom. The quantitative estimate of drug-likeness (QED) is 0.200. The van der Waals surface area contributed by atoms with Gasteiger partial charge in [0.2, 0.25) is 0 Å². The summed E-state index contributed by atoms with van der Waals surface area (Å²) in [5.41, 5.74) is 1.40. The minimum absolute atomic E-state index is 0.0833. The topological polar surface area (TPSA) is 47.9 Å². The number of ether oxygens (including phenoxy) is 1. The van der Waals surface area contributed by atoms with Crippen molar-refractivity contribution in [3.05, 3.63) is 11.6 Å². The van der Waals surface area contributed by atoms with Gasteiger partial charge in [-0.1, -0.05) is 67.0 Å². The maximum Gasteiger partial charge on any atom is 0.192 e. The molecule has 3 fully saturated rings. The van der Waals surface area contributed by atoms with Crippen molar-refractivity contribution < 1.29 is 18.7 Å². The maximum atomic E-state index is 10.2. The molecule has 0 saturated heterocycles. The lowest BCUT2D eigenvalue weighted by Gasteiger charge is -2.62. The second-order valence-electron chi connectivity index (χ2n) is 19.8. The SMILES string of the molecule is C[C@@H](OCCC(C)(C)O)[C@H]1CCC2C3CC=C4C[C@@H](O[Si](C)(C)C(C)(C)C)C[C@H](O[Si](C)(C)C(C)(C)C)[C@]4(C)C3CC[C@@]21C. The number of aliphatic hydroxyl groups is 1. The summed E-state index contributed by atoms with van der Waals surface area (Å²) in [4.78, 5) is 0. The van der Waals surface area contributed by atoms with Crippen LogP contribution in [0, 0.1) is 34.5 Å². The van der Waals surface area contributed by atoms with E-state index in [9.17, 15) is 5.11 Å². The van der Waals surface area contributed by atoms with E-state index in [0.29, 0.717) is 30.3 Å². The molecule has 44 heavy (non-hydrogen) atoms. The average Bonchev–Trinajstić information content (AvgIpc) is 3.19. The first-order chi connectivity index (χ1) is 19.8. The molecule has 0 radical (unpaired) electrons. The van der Waals surface area contributed by atoms with Crippen LogP contribution in [0.3, 0.4) is 0 Å². The van der Waals surface area contributed by atoms with E-state index >= 15 is 0 Å². The van der Waals surface area contributed by atoms with E-state index in [1.54, 1.807) is 5.57 Å². The molecule has 1 N–H and O–H groups in total. The Morgan fingerprint density at radius 3 is 2.05 bits per heavy atom. The molecule has 0 bridgehead atoms. The molecule has 0 aromatic rings. The Labute approximate surface area is 275 Å². The zero-order valence-electron chi connectivity index (χ0n) is 31.7. The molecule has 0 heterocycles. The van der Waals surface area contributed by atoms with Gasteiger partial charge in [-0.05, 0) is 137 Å². The van der Waals surface area contributed by atoms with Crippen LogP contribution < -0.4 is 0 Å². The fourth-order valence-electron chi connectivity index (χ4n) is 9.47. The Morgan fingerprint density at radius 2 is 1.48 bits per heavy atom. The molecule has 0 amide bonds. The van der Waals surface area contributed by atoms with Gasteiger partial charge in [0.05, 0.1) is 23.9 Å². The second kappa shape index (κ2) is 12.2. The number of fused-ring (bicyclic) bond motifs is 5. The third-order valence-corrected chi connectivity index (χ3v) is 23.4. The van der Waals surface area contributed by atoms with Gasteiger partial charge in [-0.15, -0.1) is 0 Å². The number of rotatable bonds is 9. The van der Waals surface area contributed by atoms with E-state index in [1.807, 2.05) is 13.8 Å². The lowest BCUT2D eigenvalue weighted by molar-refractivity contribution is -0.112. The maximum absolute atomic E-state index is 10.2. The largest absolute Gasteiger partial charge is 0.414 e. The molecule has 4 rings (SSSR count). The van der Waals surface area contributed by atoms with Crippen LogP contribution in [0.4, 0.5) is 0 Å². The fraction of sp³-hybridized carbons (Fsp3) is 0.947. The van der Waals surface area contributed by atoms with Crippen LogP contribution >= 0.6 is 0 Å². The summed E-state index contributed by atoms with van der Waals surface area (Å²) in [5, 5.41) is 10.6. The summed E-state index contributed by atoms with van der Waals surface area (Å²) in [6.45, 7) is 36.0. The molecule has 0 spiro atoms. The van der Waals surface area contributed by atoms with Crippen LogP contribution in [-0.4, -0.2) is 52.3 Å². The van der Waals surface area contributed by atoms with Gasteiger partial charge in [-0.25, -0.2) is 0 Å². The van der Waals surface area contributed by atoms with Crippen LogP contribution in [0.2, 0.25) is 36.3 Å². The van der Waals surface area contributed by atoms with Crippen molar-refractivity contribution in [2.75, 3.05) is 6.61 Å². The van der Waals surface area contributed by atoms with Crippen LogP contribution in [-0.2, 0) is 13.6 Å². The molecule has 0 aromatic carbocycles. The molecular weight excluding hydrogens is 577 g/mol. The molecule has 0 aromatic heterocycles. The zero-order chi connectivity index (χ0) is 33.3. The predicted octanol–water partition coefficient (Wildman–Crippen LogP) is 10.5. The summed E-state index contributed by atoms with van der Waals surface area (Å²) in [7, 11) is -3.89. The van der Waals surface area contributed by atoms with E-state index in [4.69, 9.17) is 13.6 Å². The van der Waals surface area contributed by atoms with E-state index in [2.05, 4.69) is 94.6 Å². The Kier molecular flexibility index (Phi) is 10.2. The molecule has 0 aliphatic heterocycles. The minimum atomic E-state index is -2.00. The first kappa shape index (κ1) is 36.8. The van der Waals surface area contributed by atoms with Gasteiger partial charge >= 0.3 is 0 Å². The molecule has 6 heteroatoms. The monoisotopic (exact) mass is 648 g/mol. The predicted molar refractivity (Wildman–Crippen MR) is 191 cm³/mol. The van der Waals surface area contributed by atoms with E-state index < -0.39 is 22.2 Å². The Balaban J connectivity index is 1.62. The van der Waals surface area contributed by atoms with Gasteiger partial charge in [0.15, 0.2) is 16.6 Å². The van der Waals surface area contributed by atoms with Gasteiger partial charge in [-0.2, -0.15) is 0 Å². The van der Waals surface area contributed by atoms with Crippen molar-refractivity contribution in [3.8, 4) is 0 Å². The average molecular weight is 649 g/mol. The first-order valence-corrected chi connectivity index (χ1v) is 24.0. The fourth-order valence-corrected chi connectivity index (χ4v) is 12.2. The van der Waals surface area contributed by atoms with Crippen molar-refractivity contribution in [3.63, 3.8) is 0 Å². The van der Waals surface area contributed by atoms with Crippen molar-refractivity contribution in [1.29, 1.82) is 0 Å². The summed E-state index contributed by atoms with van der Waals surface area (Å²) in [5.74, 6) is 2.74. The molecule has 4 aliphatic carbocycles. The summed E-state index contributed by atoms with van der Waals surface area (Å²) in [6, 6.07) is 0. The molecule has 9 atom stereocenters. The zero-order valence-corrected chi connectivity index (χ0v) is 33.7. The Bertz CT molecular complexity index is 1050. The standard InChI is InChI=1S/C38H72O4Si2/c1-26(40-23-22-36(8,9)39)30-18-19-31-29-17-16-27-24-28(41-43(12,13)34(2,3)4)25-33(42-44(14,15)35(5,6)7)38(27,11)32(29)20-21-37(30,31)10/h16,26,28-33,39H,17-25H2,1-15H3/t26-,28-,29?,30-,31?,32?,33+,37-,38+/m1/s1. The van der Waals surface area contributed by atoms with E-state index in [0.717, 1.165) is 24.7 Å². The molecule has 256 valence electrons. The number of allylic oxidation sites excluding steroid dienone is 1. The lowest BCUT2D eigenvalue weighted by atomic mass is 9.46. The van der Waals surface area contributed by atoms with Gasteiger partial charge in [-0.3, -0.25) is 0 Å². The minimum Gasteiger partial charge on any atom is -0.414 e. The van der Waals surface area contributed by atoms with Gasteiger partial charge in [0.1, 0.15) is 0 Å². The van der Waals surface area contributed by atoms with Crippen molar-refractivity contribution in [2.24, 2.45) is 34.5 Å². The van der Waals surface area contributed by atoms with Crippen LogP contribution in [0.5, 0.6) is 0 Å². The smallest absolute Gasteiger partial charge is 0.192 e. The molecule has 4 aliphatic rings. The van der Waals surface area contributed by atoms with Gasteiger partial charge in [0, 0.05) is 12.0 Å². The summed E-state index contributed by atoms with van der Waals surface area (Å²) >= 11 is 0. The highest BCUT2D eigenvalue weighted by molar-refractivity contribution is 6.74. The number of hydrogen-bond donors (Lipinski definition) is 1. The number of hydrogen-bond acceptors (Lipinski definition) is 4. The highest BCUT2D eigenvalue weighted by Gasteiger charge is 2.62. The van der Waals surface area contributed by atoms with Crippen LogP contribution in [0.1, 0.15) is 128 Å². The van der Waals surface area contributed by atoms with Crippen molar-refractivity contribution in [1.82, 2.24) is 0 Å². The third kappa shape index (κ3) is 6.93. The highest BCUT2D eigenvalue weighted by atomic mass is 28.4. The highest BCUT2D eigenvalue weighted by Crippen LogP contribution is 2.67. The summed E-state index contributed by atoms with van der Waals surface area (Å²) < 4.78 is 21.2. The van der Waals surface area contributed by atoms with E-state index in [1.165, 1.54) is 32.1 Å². The molecule has 3 saturated carbocycles. The molecule has 3 unspecified atom stereocenters. The lowest BCUT2D eigenvalue weighted by Crippen LogP contribution is -2.60. The Hall–Kier alpha value is 0.0138. The van der Waals surface area contributed by atoms with Gasteiger partial charge < -0.3 is 18.7 Å². The normalized spacial score (nSPS) is 37.6. The van der Waals surface area contributed by atoms with E-state index in [-0.39, 0.29) is 33.8 Å². The molecular formula is C38H72O4Si2. The van der Waals surface area contributed by atoms with Gasteiger partial charge in [0.25, 0.3) is 0 Å². The second-order valence-corrected chi connectivity index (χ2v) is 29.3. The summed E-state index contributed by atoms with van der Waals surface area (Å²) in [6.07, 6.45) is 12.6. The molecule has 4 nitrogen and oxygen atoms in total. The van der Waals surface area contributed by atoms with Crippen molar-refractivity contribution in [2.45, 2.75) is 188 Å². The van der Waals surface area contributed by atoms with Crippen LogP contribution in [0.15, 0.2) is 11.6 Å². The van der Waals surface area contributed by atoms with Crippen molar-refractivity contribution >= 4 is 16.6 Å².